The van der Waals surface area contributed by atoms with Crippen LogP contribution in [-0.2, 0) is 0 Å². The highest BCUT2D eigenvalue weighted by Gasteiger charge is 2.12. The second-order valence-electron chi connectivity index (χ2n) is 2.38. The summed E-state index contributed by atoms with van der Waals surface area (Å²) in [7, 11) is 1.93. The Labute approximate surface area is 75.1 Å². The van der Waals surface area contributed by atoms with Crippen LogP contribution in [0.15, 0.2) is 21.2 Å². The standard InChI is InChI=1S/C8H12BrNO/c1-3-7(10-2)8-6(9)4-5-11-8/h4-5,7,10H,3H2,1-2H3. The van der Waals surface area contributed by atoms with Crippen LogP contribution < -0.4 is 5.32 Å². The van der Waals surface area contributed by atoms with Gasteiger partial charge in [0, 0.05) is 0 Å². The maximum Gasteiger partial charge on any atom is 0.134 e. The highest BCUT2D eigenvalue weighted by molar-refractivity contribution is 9.10. The van der Waals surface area contributed by atoms with Gasteiger partial charge in [-0.05, 0) is 35.5 Å². The van der Waals surface area contributed by atoms with E-state index >= 15 is 0 Å². The molecule has 0 amide bonds. The highest BCUT2D eigenvalue weighted by atomic mass is 79.9. The molecule has 0 saturated heterocycles. The van der Waals surface area contributed by atoms with Crippen LogP contribution >= 0.6 is 15.9 Å². The first-order chi connectivity index (χ1) is 5.29. The summed E-state index contributed by atoms with van der Waals surface area (Å²) in [5.41, 5.74) is 0. The summed E-state index contributed by atoms with van der Waals surface area (Å²) in [4.78, 5) is 0. The Hall–Kier alpha value is -0.280. The molecule has 0 bridgehead atoms. The van der Waals surface area contributed by atoms with Gasteiger partial charge in [-0.25, -0.2) is 0 Å². The largest absolute Gasteiger partial charge is 0.466 e. The number of rotatable bonds is 3. The molecule has 1 heterocycles. The van der Waals surface area contributed by atoms with Crippen LogP contribution in [0, 0.1) is 0 Å². The molecular formula is C8H12BrNO. The molecule has 1 unspecified atom stereocenters. The third kappa shape index (κ3) is 1.84. The number of furan rings is 1. The zero-order valence-electron chi connectivity index (χ0n) is 6.73. The fourth-order valence-electron chi connectivity index (χ4n) is 1.07. The lowest BCUT2D eigenvalue weighted by Crippen LogP contribution is -2.14. The number of nitrogens with one attached hydrogen (secondary N) is 1. The van der Waals surface area contributed by atoms with Crippen LogP contribution in [0.5, 0.6) is 0 Å². The fraction of sp³-hybridized carbons (Fsp3) is 0.500. The smallest absolute Gasteiger partial charge is 0.134 e. The number of hydrogen-bond donors (Lipinski definition) is 1. The van der Waals surface area contributed by atoms with Crippen molar-refractivity contribution in [3.05, 3.63) is 22.6 Å². The molecule has 0 spiro atoms. The van der Waals surface area contributed by atoms with Crippen LogP contribution in [0.1, 0.15) is 25.1 Å². The van der Waals surface area contributed by atoms with E-state index < -0.39 is 0 Å². The average Bonchev–Trinajstić information content (AvgIpc) is 2.40. The van der Waals surface area contributed by atoms with Gasteiger partial charge in [0.1, 0.15) is 5.76 Å². The highest BCUT2D eigenvalue weighted by Crippen LogP contribution is 2.25. The first-order valence-corrected chi connectivity index (χ1v) is 4.49. The lowest BCUT2D eigenvalue weighted by molar-refractivity contribution is 0.421. The van der Waals surface area contributed by atoms with E-state index in [-0.39, 0.29) is 0 Å². The summed E-state index contributed by atoms with van der Waals surface area (Å²) in [6.07, 6.45) is 2.72. The predicted octanol–water partition coefficient (Wildman–Crippen LogP) is 2.71. The van der Waals surface area contributed by atoms with Gasteiger partial charge in [0.15, 0.2) is 0 Å². The summed E-state index contributed by atoms with van der Waals surface area (Å²) < 4.78 is 6.34. The molecule has 2 nitrogen and oxygen atoms in total. The van der Waals surface area contributed by atoms with Crippen molar-refractivity contribution in [2.75, 3.05) is 7.05 Å². The third-order valence-electron chi connectivity index (χ3n) is 1.72. The Morgan fingerprint density at radius 1 is 1.73 bits per heavy atom. The van der Waals surface area contributed by atoms with E-state index in [9.17, 15) is 0 Å². The zero-order valence-corrected chi connectivity index (χ0v) is 8.31. The van der Waals surface area contributed by atoms with Crippen molar-refractivity contribution in [3.63, 3.8) is 0 Å². The van der Waals surface area contributed by atoms with Crippen LogP contribution in [0.3, 0.4) is 0 Å². The molecule has 3 heteroatoms. The predicted molar refractivity (Wildman–Crippen MR) is 48.5 cm³/mol. The molecule has 0 radical (unpaired) electrons. The molecule has 0 fully saturated rings. The molecule has 0 aromatic carbocycles. The molecule has 0 aliphatic heterocycles. The fourth-order valence-corrected chi connectivity index (χ4v) is 1.55. The Balaban J connectivity index is 2.81. The first-order valence-electron chi connectivity index (χ1n) is 3.69. The second kappa shape index (κ2) is 3.93. The molecule has 1 N–H and O–H groups in total. The molecule has 0 saturated carbocycles. The van der Waals surface area contributed by atoms with E-state index in [1.807, 2.05) is 13.1 Å². The van der Waals surface area contributed by atoms with Crippen molar-refractivity contribution in [1.82, 2.24) is 5.32 Å². The topological polar surface area (TPSA) is 25.2 Å². The van der Waals surface area contributed by atoms with Crippen molar-refractivity contribution in [2.24, 2.45) is 0 Å². The summed E-state index contributed by atoms with van der Waals surface area (Å²) in [5.74, 6) is 0.981. The molecule has 1 rings (SSSR count). The average molecular weight is 218 g/mol. The summed E-state index contributed by atoms with van der Waals surface area (Å²) in [5, 5.41) is 3.17. The van der Waals surface area contributed by atoms with Crippen molar-refractivity contribution in [2.45, 2.75) is 19.4 Å². The van der Waals surface area contributed by atoms with E-state index in [1.165, 1.54) is 0 Å². The van der Waals surface area contributed by atoms with Gasteiger partial charge < -0.3 is 9.73 Å². The molecule has 1 aromatic heterocycles. The van der Waals surface area contributed by atoms with Gasteiger partial charge in [-0.15, -0.1) is 0 Å². The quantitative estimate of drug-likeness (QED) is 0.843. The van der Waals surface area contributed by atoms with Crippen molar-refractivity contribution in [3.8, 4) is 0 Å². The Morgan fingerprint density at radius 2 is 2.45 bits per heavy atom. The van der Waals surface area contributed by atoms with E-state index in [2.05, 4.69) is 28.2 Å². The van der Waals surface area contributed by atoms with Gasteiger partial charge in [0.2, 0.25) is 0 Å². The minimum Gasteiger partial charge on any atom is -0.466 e. The van der Waals surface area contributed by atoms with E-state index in [4.69, 9.17) is 4.42 Å². The number of hydrogen-bond acceptors (Lipinski definition) is 2. The minimum absolute atomic E-state index is 0.319. The van der Waals surface area contributed by atoms with Gasteiger partial charge >= 0.3 is 0 Å². The van der Waals surface area contributed by atoms with Gasteiger partial charge in [-0.3, -0.25) is 0 Å². The van der Waals surface area contributed by atoms with Crippen molar-refractivity contribution < 1.29 is 4.42 Å². The normalized spacial score (nSPS) is 13.4. The van der Waals surface area contributed by atoms with Crippen molar-refractivity contribution >= 4 is 15.9 Å². The zero-order chi connectivity index (χ0) is 8.27. The molecular weight excluding hydrogens is 206 g/mol. The monoisotopic (exact) mass is 217 g/mol. The van der Waals surface area contributed by atoms with E-state index in [1.54, 1.807) is 6.26 Å². The van der Waals surface area contributed by atoms with Crippen LogP contribution in [0.2, 0.25) is 0 Å². The Kier molecular flexibility index (Phi) is 3.15. The molecule has 1 aromatic rings. The molecule has 1 atom stereocenters. The van der Waals surface area contributed by atoms with Crippen LogP contribution in [0.4, 0.5) is 0 Å². The van der Waals surface area contributed by atoms with Gasteiger partial charge in [0.05, 0.1) is 16.8 Å². The molecule has 0 aliphatic carbocycles. The SMILES string of the molecule is CCC(NC)c1occc1Br. The molecule has 11 heavy (non-hydrogen) atoms. The van der Waals surface area contributed by atoms with Gasteiger partial charge in [-0.2, -0.15) is 0 Å². The number of halogens is 1. The van der Waals surface area contributed by atoms with Crippen LogP contribution in [-0.4, -0.2) is 7.05 Å². The summed E-state index contributed by atoms with van der Waals surface area (Å²) in [6, 6.07) is 2.23. The maximum atomic E-state index is 5.30. The van der Waals surface area contributed by atoms with Crippen molar-refractivity contribution in [1.29, 1.82) is 0 Å². The lowest BCUT2D eigenvalue weighted by Gasteiger charge is -2.10. The summed E-state index contributed by atoms with van der Waals surface area (Å²) >= 11 is 3.41. The lowest BCUT2D eigenvalue weighted by atomic mass is 10.2. The third-order valence-corrected chi connectivity index (χ3v) is 2.37. The van der Waals surface area contributed by atoms with Gasteiger partial charge in [0.25, 0.3) is 0 Å². The van der Waals surface area contributed by atoms with Crippen LogP contribution in [0.25, 0.3) is 0 Å². The summed E-state index contributed by atoms with van der Waals surface area (Å²) in [6.45, 7) is 2.12. The molecule has 0 aliphatic rings. The Bertz CT molecular complexity index is 218. The second-order valence-corrected chi connectivity index (χ2v) is 3.24. The first kappa shape index (κ1) is 8.81. The molecule has 62 valence electrons. The Morgan fingerprint density at radius 3 is 2.82 bits per heavy atom. The minimum atomic E-state index is 0.319. The maximum absolute atomic E-state index is 5.30. The van der Waals surface area contributed by atoms with Gasteiger partial charge in [-0.1, -0.05) is 6.92 Å². The van der Waals surface area contributed by atoms with E-state index in [0.717, 1.165) is 16.7 Å². The van der Waals surface area contributed by atoms with E-state index in [0.29, 0.717) is 6.04 Å².